The van der Waals surface area contributed by atoms with Gasteiger partial charge in [0.1, 0.15) is 0 Å². The third-order valence-corrected chi connectivity index (χ3v) is 10.3. The van der Waals surface area contributed by atoms with Gasteiger partial charge < -0.3 is 5.11 Å². The first-order valence-corrected chi connectivity index (χ1v) is 13.4. The van der Waals surface area contributed by atoms with Gasteiger partial charge in [-0.3, -0.25) is 5.21 Å². The van der Waals surface area contributed by atoms with Crippen molar-refractivity contribution in [1.82, 2.24) is 0 Å². The number of halogens is 1. The van der Waals surface area contributed by atoms with Gasteiger partial charge in [0.15, 0.2) is 0 Å². The van der Waals surface area contributed by atoms with Crippen molar-refractivity contribution >= 4 is 17.3 Å². The van der Waals surface area contributed by atoms with Gasteiger partial charge in [-0.05, 0) is 90.0 Å². The molecule has 2 fully saturated rings. The lowest BCUT2D eigenvalue weighted by molar-refractivity contribution is -0.904. The van der Waals surface area contributed by atoms with Crippen molar-refractivity contribution in [2.45, 2.75) is 63.4 Å². The fraction of sp³-hybridized carbons (Fsp3) is 0.419. The average Bonchev–Trinajstić information content (AvgIpc) is 3.15. The Morgan fingerprint density at radius 1 is 1.06 bits per heavy atom. The van der Waals surface area contributed by atoms with Crippen molar-refractivity contribution in [2.24, 2.45) is 17.3 Å². The van der Waals surface area contributed by atoms with Crippen LogP contribution < -0.4 is 4.73 Å². The van der Waals surface area contributed by atoms with Crippen LogP contribution in [0.3, 0.4) is 0 Å². The Balaban J connectivity index is 1.24. The predicted octanol–water partition coefficient (Wildman–Crippen LogP) is 6.91. The summed E-state index contributed by atoms with van der Waals surface area (Å²) in [5.74, 6) is 1.54. The molecule has 36 heavy (non-hydrogen) atoms. The van der Waals surface area contributed by atoms with E-state index in [-0.39, 0.29) is 5.41 Å². The van der Waals surface area contributed by atoms with Gasteiger partial charge in [0.25, 0.3) is 0 Å². The summed E-state index contributed by atoms with van der Waals surface area (Å²) in [5.41, 5.74) is 5.45. The molecule has 3 aliphatic rings. The molecule has 5 heteroatoms. The van der Waals surface area contributed by atoms with Crippen LogP contribution in [0.25, 0.3) is 16.0 Å². The zero-order chi connectivity index (χ0) is 25.1. The maximum absolute atomic E-state index is 12.1. The Bertz CT molecular complexity index is 1360. The molecule has 3 aromatic rings. The third kappa shape index (κ3) is 3.56. The molecule has 1 aromatic heterocycles. The van der Waals surface area contributed by atoms with Crippen molar-refractivity contribution in [3.05, 3.63) is 94.1 Å². The van der Waals surface area contributed by atoms with Gasteiger partial charge in [-0.1, -0.05) is 54.9 Å². The second-order valence-electron chi connectivity index (χ2n) is 11.4. The minimum absolute atomic E-state index is 0.105. The second-order valence-corrected chi connectivity index (χ2v) is 11.7. The van der Waals surface area contributed by atoms with E-state index in [0.29, 0.717) is 34.9 Å². The van der Waals surface area contributed by atoms with Crippen molar-refractivity contribution in [3.8, 4) is 11.1 Å². The summed E-state index contributed by atoms with van der Waals surface area (Å²) in [5, 5.41) is 22.5. The molecular formula is C31H32ClN2O2+. The number of rotatable bonds is 3. The molecule has 0 spiro atoms. The highest BCUT2D eigenvalue weighted by molar-refractivity contribution is 6.34. The summed E-state index contributed by atoms with van der Waals surface area (Å²) in [6.45, 7) is 9.74. The smallest absolute Gasteiger partial charge is 0.230 e. The summed E-state index contributed by atoms with van der Waals surface area (Å²) in [6, 6.07) is 16.3. The summed E-state index contributed by atoms with van der Waals surface area (Å²) >= 11 is 6.62. The van der Waals surface area contributed by atoms with Gasteiger partial charge in [0, 0.05) is 17.2 Å². The monoisotopic (exact) mass is 499 g/mol. The van der Waals surface area contributed by atoms with E-state index >= 15 is 0 Å². The third-order valence-electron chi connectivity index (χ3n) is 9.84. The van der Waals surface area contributed by atoms with E-state index in [1.165, 1.54) is 11.1 Å². The topological polar surface area (TPSA) is 48.7 Å². The minimum Gasteiger partial charge on any atom is -0.389 e. The first-order valence-electron chi connectivity index (χ1n) is 13.0. The Hall–Kier alpha value is -2.87. The van der Waals surface area contributed by atoms with E-state index < -0.39 is 5.60 Å². The van der Waals surface area contributed by atoms with Crippen LogP contribution in [-0.4, -0.2) is 15.9 Å². The van der Waals surface area contributed by atoms with Gasteiger partial charge in [-0.2, -0.15) is 0 Å². The molecule has 1 heterocycles. The predicted molar refractivity (Wildman–Crippen MR) is 140 cm³/mol. The number of benzene rings is 2. The van der Waals surface area contributed by atoms with E-state index in [1.807, 2.05) is 18.2 Å². The fourth-order valence-corrected chi connectivity index (χ4v) is 8.20. The van der Waals surface area contributed by atoms with Crippen LogP contribution in [0, 0.1) is 23.8 Å². The largest absolute Gasteiger partial charge is 0.389 e. The van der Waals surface area contributed by atoms with Gasteiger partial charge in [-0.15, -0.1) is 0 Å². The number of pyridine rings is 1. The fourth-order valence-electron chi connectivity index (χ4n) is 7.89. The first kappa shape index (κ1) is 23.5. The van der Waals surface area contributed by atoms with Crippen LogP contribution in [-0.2, 0) is 12.8 Å². The highest BCUT2D eigenvalue weighted by atomic mass is 35.5. The molecule has 2 N–H and O–H groups in total. The minimum atomic E-state index is -0.711. The molecule has 0 bridgehead atoms. The molecule has 0 radical (unpaired) electrons. The molecule has 2 saturated carbocycles. The molecule has 4 nitrogen and oxygen atoms in total. The molecule has 184 valence electrons. The average molecular weight is 500 g/mol. The Morgan fingerprint density at radius 3 is 2.61 bits per heavy atom. The van der Waals surface area contributed by atoms with E-state index in [1.54, 1.807) is 12.4 Å². The highest BCUT2D eigenvalue weighted by Gasteiger charge is 2.61. The summed E-state index contributed by atoms with van der Waals surface area (Å²) in [6.07, 6.45) is 9.96. The van der Waals surface area contributed by atoms with Crippen LogP contribution >= 0.6 is 11.6 Å². The van der Waals surface area contributed by atoms with Gasteiger partial charge >= 0.3 is 0 Å². The summed E-state index contributed by atoms with van der Waals surface area (Å²) in [4.78, 5) is 3.60. The SMILES string of the molecule is [C-]#[N+]c1ccc2c(c1Cl)CCC1C2CC[C@@]2(C)C1CC[C@@]2(O)Cc1ccc(-c2ccc[n+](O)c2)cc1. The zero-order valence-electron chi connectivity index (χ0n) is 20.6. The molecule has 0 saturated heterocycles. The molecule has 2 aromatic carbocycles. The van der Waals surface area contributed by atoms with Crippen LogP contribution in [0.1, 0.15) is 61.6 Å². The molecule has 5 atom stereocenters. The van der Waals surface area contributed by atoms with Crippen LogP contribution in [0.15, 0.2) is 60.9 Å². The van der Waals surface area contributed by atoms with Gasteiger partial charge in [0.05, 0.1) is 22.8 Å². The lowest BCUT2D eigenvalue weighted by atomic mass is 9.52. The molecule has 3 aliphatic carbocycles. The maximum Gasteiger partial charge on any atom is 0.230 e. The van der Waals surface area contributed by atoms with Crippen molar-refractivity contribution in [1.29, 1.82) is 0 Å². The quantitative estimate of drug-likeness (QED) is 0.233. The lowest BCUT2D eigenvalue weighted by Crippen LogP contribution is -2.51. The van der Waals surface area contributed by atoms with Crippen LogP contribution in [0.2, 0.25) is 5.02 Å². The molecule has 6 rings (SSSR count). The first-order chi connectivity index (χ1) is 17.3. The maximum atomic E-state index is 12.1. The lowest BCUT2D eigenvalue weighted by Gasteiger charge is -2.53. The molecule has 0 aliphatic heterocycles. The van der Waals surface area contributed by atoms with Gasteiger partial charge in [0.2, 0.25) is 18.1 Å². The van der Waals surface area contributed by atoms with Crippen molar-refractivity contribution < 1.29 is 15.0 Å². The highest BCUT2D eigenvalue weighted by Crippen LogP contribution is 2.65. The number of fused-ring (bicyclic) bond motifs is 5. The number of hydrogen-bond acceptors (Lipinski definition) is 2. The number of aliphatic hydroxyl groups is 1. The van der Waals surface area contributed by atoms with Crippen molar-refractivity contribution in [3.63, 3.8) is 0 Å². The number of aromatic nitrogens is 1. The standard InChI is InChI=1S/C31H32ClN2O2/c1-30-15-13-24-23-11-12-28(33-2)29(32)26(23)10-9-25(24)27(30)14-16-31(30,35)18-20-5-7-21(8-6-20)22-4-3-17-34(36)19-22/h3-8,11-12,17,19,24-25,27,35-36H,9-10,13-16,18H2,1H3/q+1/t24?,25?,27?,30-,31+/m0/s1. The zero-order valence-corrected chi connectivity index (χ0v) is 21.4. The normalized spacial score (nSPS) is 30.7. The summed E-state index contributed by atoms with van der Waals surface area (Å²) in [7, 11) is 0. The summed E-state index contributed by atoms with van der Waals surface area (Å²) < 4.78 is 1.07. The number of hydrogen-bond donors (Lipinski definition) is 2. The Labute approximate surface area is 218 Å². The molecule has 3 unspecified atom stereocenters. The van der Waals surface area contributed by atoms with Crippen LogP contribution in [0.5, 0.6) is 0 Å². The van der Waals surface area contributed by atoms with Crippen molar-refractivity contribution in [2.75, 3.05) is 0 Å². The van der Waals surface area contributed by atoms with E-state index in [4.69, 9.17) is 18.2 Å². The van der Waals surface area contributed by atoms with E-state index in [9.17, 15) is 10.3 Å². The van der Waals surface area contributed by atoms with E-state index in [0.717, 1.165) is 59.9 Å². The Kier molecular flexibility index (Phi) is 5.63. The molecule has 0 amide bonds. The number of nitrogens with zero attached hydrogens (tertiary/aromatic N) is 2. The Morgan fingerprint density at radius 2 is 1.86 bits per heavy atom. The van der Waals surface area contributed by atoms with Crippen LogP contribution in [0.4, 0.5) is 5.69 Å². The molecular weight excluding hydrogens is 468 g/mol. The second kappa shape index (κ2) is 8.61. The van der Waals surface area contributed by atoms with Gasteiger partial charge in [-0.25, -0.2) is 4.85 Å². The van der Waals surface area contributed by atoms with E-state index in [2.05, 4.69) is 42.1 Å².